The van der Waals surface area contributed by atoms with Gasteiger partial charge in [-0.2, -0.15) is 11.8 Å². The molecule has 0 aliphatic carbocycles. The molecular weight excluding hydrogens is 230 g/mol. The average Bonchev–Trinajstić information content (AvgIpc) is 2.21. The molecule has 102 valence electrons. The lowest BCUT2D eigenvalue weighted by Crippen LogP contribution is -2.40. The smallest absolute Gasteiger partial charge is 0.0489 e. The maximum atomic E-state index is 5.58. The van der Waals surface area contributed by atoms with Gasteiger partial charge in [-0.1, -0.05) is 27.7 Å². The Labute approximate surface area is 111 Å². The molecule has 1 aliphatic rings. The van der Waals surface area contributed by atoms with Crippen LogP contribution >= 0.6 is 11.8 Å². The lowest BCUT2D eigenvalue weighted by Gasteiger charge is -2.35. The normalized spacial score (nSPS) is 24.2. The Morgan fingerprint density at radius 3 is 2.82 bits per heavy atom. The summed E-state index contributed by atoms with van der Waals surface area (Å²) >= 11 is 2.09. The van der Waals surface area contributed by atoms with E-state index in [1.54, 1.807) is 0 Å². The number of ether oxygens (including phenoxy) is 1. The van der Waals surface area contributed by atoms with Gasteiger partial charge in [-0.3, -0.25) is 0 Å². The third-order valence-corrected chi connectivity index (χ3v) is 4.58. The highest BCUT2D eigenvalue weighted by Gasteiger charge is 2.27. The van der Waals surface area contributed by atoms with Gasteiger partial charge in [-0.25, -0.2) is 0 Å². The van der Waals surface area contributed by atoms with Crippen molar-refractivity contribution in [3.8, 4) is 0 Å². The lowest BCUT2D eigenvalue weighted by atomic mass is 9.88. The van der Waals surface area contributed by atoms with Crippen LogP contribution in [-0.4, -0.2) is 37.3 Å². The van der Waals surface area contributed by atoms with Crippen LogP contribution in [0.4, 0.5) is 0 Å². The van der Waals surface area contributed by atoms with Gasteiger partial charge in [0.2, 0.25) is 0 Å². The average molecular weight is 259 g/mol. The maximum Gasteiger partial charge on any atom is 0.0489 e. The summed E-state index contributed by atoms with van der Waals surface area (Å²) in [6.07, 6.45) is 2.45. The second-order valence-corrected chi connectivity index (χ2v) is 7.39. The van der Waals surface area contributed by atoms with Gasteiger partial charge in [0.15, 0.2) is 0 Å². The first kappa shape index (κ1) is 15.3. The zero-order chi connectivity index (χ0) is 12.7. The van der Waals surface area contributed by atoms with E-state index in [9.17, 15) is 0 Å². The highest BCUT2D eigenvalue weighted by molar-refractivity contribution is 7.99. The van der Waals surface area contributed by atoms with E-state index in [0.29, 0.717) is 17.4 Å². The molecule has 3 heteroatoms. The van der Waals surface area contributed by atoms with Crippen molar-refractivity contribution in [2.45, 2.75) is 46.6 Å². The number of hydrogen-bond acceptors (Lipinski definition) is 3. The van der Waals surface area contributed by atoms with E-state index >= 15 is 0 Å². The largest absolute Gasteiger partial charge is 0.381 e. The monoisotopic (exact) mass is 259 g/mol. The van der Waals surface area contributed by atoms with Gasteiger partial charge in [-0.15, -0.1) is 0 Å². The van der Waals surface area contributed by atoms with Crippen LogP contribution in [0.15, 0.2) is 0 Å². The Kier molecular flexibility index (Phi) is 6.90. The Hall–Kier alpha value is 0.270. The van der Waals surface area contributed by atoms with Crippen molar-refractivity contribution >= 4 is 11.8 Å². The molecule has 0 aromatic carbocycles. The molecular formula is C14H29NOS. The van der Waals surface area contributed by atoms with E-state index in [1.165, 1.54) is 17.9 Å². The van der Waals surface area contributed by atoms with Crippen LogP contribution in [0.5, 0.6) is 0 Å². The zero-order valence-corrected chi connectivity index (χ0v) is 12.7. The summed E-state index contributed by atoms with van der Waals surface area (Å²) in [7, 11) is 0. The van der Waals surface area contributed by atoms with Crippen molar-refractivity contribution in [3.05, 3.63) is 0 Å². The molecule has 17 heavy (non-hydrogen) atoms. The minimum atomic E-state index is 0.509. The molecule has 1 atom stereocenters. The first-order valence-electron chi connectivity index (χ1n) is 6.88. The molecule has 1 fully saturated rings. The molecule has 0 radical (unpaired) electrons. The zero-order valence-electron chi connectivity index (χ0n) is 11.9. The Morgan fingerprint density at radius 2 is 2.18 bits per heavy atom. The maximum absolute atomic E-state index is 5.58. The number of hydrogen-bond donors (Lipinski definition) is 1. The van der Waals surface area contributed by atoms with Gasteiger partial charge in [0.1, 0.15) is 0 Å². The summed E-state index contributed by atoms with van der Waals surface area (Å²) in [6.45, 7) is 12.0. The van der Waals surface area contributed by atoms with Crippen LogP contribution < -0.4 is 5.32 Å². The van der Waals surface area contributed by atoms with E-state index < -0.39 is 0 Å². The van der Waals surface area contributed by atoms with Gasteiger partial charge < -0.3 is 10.1 Å². The molecule has 0 aromatic heterocycles. The fourth-order valence-corrected chi connectivity index (χ4v) is 3.50. The second-order valence-electron chi connectivity index (χ2n) is 6.36. The van der Waals surface area contributed by atoms with Crippen LogP contribution in [0.3, 0.4) is 0 Å². The van der Waals surface area contributed by atoms with Crippen LogP contribution in [-0.2, 0) is 4.74 Å². The molecule has 1 aliphatic heterocycles. The third kappa shape index (κ3) is 7.32. The third-order valence-electron chi connectivity index (χ3n) is 2.96. The molecule has 0 amide bonds. The van der Waals surface area contributed by atoms with Gasteiger partial charge in [-0.05, 0) is 36.5 Å². The Bertz CT molecular complexity index is 206. The molecule has 1 unspecified atom stereocenters. The van der Waals surface area contributed by atoms with E-state index in [4.69, 9.17) is 4.74 Å². The van der Waals surface area contributed by atoms with Crippen LogP contribution in [0, 0.1) is 11.3 Å². The number of rotatable bonds is 7. The summed E-state index contributed by atoms with van der Waals surface area (Å²) in [5.74, 6) is 3.23. The molecule has 0 bridgehead atoms. The minimum absolute atomic E-state index is 0.509. The molecule has 1 N–H and O–H groups in total. The number of nitrogens with one attached hydrogen (secondary N) is 1. The molecule has 0 aromatic rings. The lowest BCUT2D eigenvalue weighted by molar-refractivity contribution is 0.107. The highest BCUT2D eigenvalue weighted by atomic mass is 32.2. The molecule has 1 rings (SSSR count). The van der Waals surface area contributed by atoms with E-state index in [2.05, 4.69) is 44.8 Å². The standard InChI is InChI=1S/C14H29NOS/c1-12(2)9-16-7-5-6-15-13-8-14(3,4)11-17-10-13/h12-13,15H,5-11H2,1-4H3. The molecule has 1 saturated heterocycles. The first-order valence-corrected chi connectivity index (χ1v) is 8.04. The highest BCUT2D eigenvalue weighted by Crippen LogP contribution is 2.33. The van der Waals surface area contributed by atoms with Crippen molar-refractivity contribution in [3.63, 3.8) is 0 Å². The fraction of sp³-hybridized carbons (Fsp3) is 1.00. The summed E-state index contributed by atoms with van der Waals surface area (Å²) in [5, 5.41) is 3.66. The summed E-state index contributed by atoms with van der Waals surface area (Å²) in [4.78, 5) is 0. The Balaban J connectivity index is 1.99. The van der Waals surface area contributed by atoms with E-state index in [0.717, 1.165) is 26.2 Å². The predicted octanol–water partition coefficient (Wildman–Crippen LogP) is 3.17. The topological polar surface area (TPSA) is 21.3 Å². The molecule has 1 heterocycles. The van der Waals surface area contributed by atoms with Crippen LogP contribution in [0.25, 0.3) is 0 Å². The van der Waals surface area contributed by atoms with Gasteiger partial charge >= 0.3 is 0 Å². The fourth-order valence-electron chi connectivity index (χ4n) is 2.19. The van der Waals surface area contributed by atoms with Crippen molar-refractivity contribution in [2.24, 2.45) is 11.3 Å². The molecule has 0 saturated carbocycles. The van der Waals surface area contributed by atoms with Gasteiger partial charge in [0.05, 0.1) is 0 Å². The molecule has 0 spiro atoms. The second kappa shape index (κ2) is 7.65. The number of thioether (sulfide) groups is 1. The summed E-state index contributed by atoms with van der Waals surface area (Å²) in [5.41, 5.74) is 0.509. The van der Waals surface area contributed by atoms with Crippen molar-refractivity contribution < 1.29 is 4.74 Å². The predicted molar refractivity (Wildman–Crippen MR) is 77.8 cm³/mol. The SMILES string of the molecule is CC(C)COCCCNC1CSCC(C)(C)C1. The van der Waals surface area contributed by atoms with Crippen LogP contribution in [0.2, 0.25) is 0 Å². The van der Waals surface area contributed by atoms with Crippen molar-refractivity contribution in [2.75, 3.05) is 31.3 Å². The van der Waals surface area contributed by atoms with E-state index in [-0.39, 0.29) is 0 Å². The first-order chi connectivity index (χ1) is 7.99. The minimum Gasteiger partial charge on any atom is -0.381 e. The Morgan fingerprint density at radius 1 is 1.41 bits per heavy atom. The van der Waals surface area contributed by atoms with Crippen molar-refractivity contribution in [1.29, 1.82) is 0 Å². The summed E-state index contributed by atoms with van der Waals surface area (Å²) in [6, 6.07) is 0.703. The summed E-state index contributed by atoms with van der Waals surface area (Å²) < 4.78 is 5.58. The van der Waals surface area contributed by atoms with Gasteiger partial charge in [0.25, 0.3) is 0 Å². The molecule has 2 nitrogen and oxygen atoms in total. The van der Waals surface area contributed by atoms with Crippen LogP contribution in [0.1, 0.15) is 40.5 Å². The van der Waals surface area contributed by atoms with E-state index in [1.807, 2.05) is 0 Å². The quantitative estimate of drug-likeness (QED) is 0.710. The van der Waals surface area contributed by atoms with Crippen molar-refractivity contribution in [1.82, 2.24) is 5.32 Å². The van der Waals surface area contributed by atoms with Gasteiger partial charge in [0, 0.05) is 25.0 Å².